The van der Waals surface area contributed by atoms with Crippen molar-refractivity contribution >= 4 is 18.1 Å². The Morgan fingerprint density at radius 3 is 2.42 bits per heavy atom. The minimum atomic E-state index is -1.16. The topological polar surface area (TPSA) is 139 Å². The van der Waals surface area contributed by atoms with E-state index >= 15 is 0 Å². The number of nitrogens with zero attached hydrogens (tertiary/aromatic N) is 6. The van der Waals surface area contributed by atoms with E-state index in [0.29, 0.717) is 42.3 Å². The number of alkyl carbamates (subject to hydrolysis) is 1. The number of carbonyl (C=O) groups is 1. The number of aliphatic hydroxyl groups is 1. The standard InChI is InChI=1S/C32H44FN7O5/c1-19-8-9-25(33)23(14-19)24-17-40(18-26(24)36-30(41)44-31(3,4)5)28-34-15-22(16-35-28)43-20(2)21-10-12-39(13-11-21)29-37-27(38-45-29)32(6,7)42/h8-9,14-16,20-21,24,26,42H,10-13,17-18H2,1-7H3,(H,36,41). The largest absolute Gasteiger partial charge is 0.487 e. The van der Waals surface area contributed by atoms with Crippen LogP contribution in [0.15, 0.2) is 35.1 Å². The summed E-state index contributed by atoms with van der Waals surface area (Å²) in [4.78, 5) is 30.1. The van der Waals surface area contributed by atoms with Gasteiger partial charge in [-0.15, -0.1) is 0 Å². The fourth-order valence-electron chi connectivity index (χ4n) is 5.83. The van der Waals surface area contributed by atoms with E-state index in [2.05, 4.69) is 25.4 Å². The molecule has 2 saturated heterocycles. The molecule has 2 N–H and O–H groups in total. The average molecular weight is 626 g/mol. The van der Waals surface area contributed by atoms with Crippen LogP contribution >= 0.6 is 0 Å². The molecule has 3 aromatic rings. The molecule has 1 amide bonds. The third-order valence-electron chi connectivity index (χ3n) is 8.23. The number of carbonyl (C=O) groups excluding carboxylic acids is 1. The van der Waals surface area contributed by atoms with Crippen LogP contribution in [0.25, 0.3) is 0 Å². The van der Waals surface area contributed by atoms with Crippen LogP contribution in [-0.4, -0.2) is 75.2 Å². The maximum atomic E-state index is 15.0. The lowest BCUT2D eigenvalue weighted by molar-refractivity contribution is 0.0504. The first-order valence-corrected chi connectivity index (χ1v) is 15.5. The summed E-state index contributed by atoms with van der Waals surface area (Å²) in [6.45, 7) is 14.9. The van der Waals surface area contributed by atoms with Gasteiger partial charge >= 0.3 is 12.1 Å². The normalized spacial score (nSPS) is 20.3. The molecule has 1 aromatic carbocycles. The molecule has 0 saturated carbocycles. The molecule has 0 spiro atoms. The summed E-state index contributed by atoms with van der Waals surface area (Å²) in [5.41, 5.74) is -0.341. The first kappa shape index (κ1) is 32.4. The van der Waals surface area contributed by atoms with Crippen molar-refractivity contribution in [2.24, 2.45) is 5.92 Å². The van der Waals surface area contributed by atoms with Gasteiger partial charge in [-0.1, -0.05) is 22.9 Å². The van der Waals surface area contributed by atoms with Crippen molar-refractivity contribution in [3.05, 3.63) is 53.4 Å². The van der Waals surface area contributed by atoms with Gasteiger partial charge in [0.1, 0.15) is 17.0 Å². The molecule has 2 aromatic heterocycles. The van der Waals surface area contributed by atoms with Crippen molar-refractivity contribution in [1.29, 1.82) is 0 Å². The molecule has 2 fully saturated rings. The quantitative estimate of drug-likeness (QED) is 0.360. The molecule has 13 heteroatoms. The van der Waals surface area contributed by atoms with Gasteiger partial charge in [-0.2, -0.15) is 4.98 Å². The van der Waals surface area contributed by atoms with Crippen LogP contribution in [0.3, 0.4) is 0 Å². The molecule has 3 atom stereocenters. The highest BCUT2D eigenvalue weighted by atomic mass is 19.1. The van der Waals surface area contributed by atoms with Crippen LogP contribution in [0, 0.1) is 18.7 Å². The molecule has 2 aliphatic rings. The molecule has 4 heterocycles. The Hall–Kier alpha value is -4.00. The molecule has 0 bridgehead atoms. The first-order chi connectivity index (χ1) is 21.2. The molecule has 12 nitrogen and oxygen atoms in total. The smallest absolute Gasteiger partial charge is 0.407 e. The predicted octanol–water partition coefficient (Wildman–Crippen LogP) is 4.72. The molecule has 3 unspecified atom stereocenters. The molecule has 244 valence electrons. The zero-order chi connectivity index (χ0) is 32.5. The average Bonchev–Trinajstić information content (AvgIpc) is 3.62. The minimum absolute atomic E-state index is 0.0703. The van der Waals surface area contributed by atoms with Gasteiger partial charge in [0.05, 0.1) is 24.5 Å². The Morgan fingerprint density at radius 1 is 1.11 bits per heavy atom. The zero-order valence-electron chi connectivity index (χ0n) is 27.1. The fourth-order valence-corrected chi connectivity index (χ4v) is 5.83. The lowest BCUT2D eigenvalue weighted by Crippen LogP contribution is -2.43. The van der Waals surface area contributed by atoms with Gasteiger partial charge in [-0.3, -0.25) is 0 Å². The van der Waals surface area contributed by atoms with Crippen molar-refractivity contribution in [2.75, 3.05) is 36.0 Å². The van der Waals surface area contributed by atoms with E-state index in [1.54, 1.807) is 53.1 Å². The number of anilines is 2. The van der Waals surface area contributed by atoms with E-state index in [9.17, 15) is 14.3 Å². The van der Waals surface area contributed by atoms with Gasteiger partial charge in [0, 0.05) is 32.1 Å². The summed E-state index contributed by atoms with van der Waals surface area (Å²) in [5.74, 6) is 0.965. The van der Waals surface area contributed by atoms with Gasteiger partial charge in [0.15, 0.2) is 5.75 Å². The highest BCUT2D eigenvalue weighted by Gasteiger charge is 2.38. The highest BCUT2D eigenvalue weighted by molar-refractivity contribution is 5.68. The number of benzene rings is 1. The summed E-state index contributed by atoms with van der Waals surface area (Å²) in [5, 5.41) is 17.0. The molecule has 5 rings (SSSR count). The summed E-state index contributed by atoms with van der Waals surface area (Å²) >= 11 is 0. The van der Waals surface area contributed by atoms with E-state index in [4.69, 9.17) is 14.0 Å². The summed E-state index contributed by atoms with van der Waals surface area (Å²) in [6, 6.07) is 5.03. The Balaban J connectivity index is 1.20. The van der Waals surface area contributed by atoms with E-state index < -0.39 is 23.3 Å². The monoisotopic (exact) mass is 625 g/mol. The SMILES string of the molecule is Cc1ccc(F)c(C2CN(c3ncc(OC(C)C4CCN(c5nc(C(C)(C)O)no5)CC4)cn3)CC2NC(=O)OC(C)(C)C)c1. The number of halogens is 1. The van der Waals surface area contributed by atoms with Gasteiger partial charge < -0.3 is 34.2 Å². The van der Waals surface area contributed by atoms with Crippen LogP contribution < -0.4 is 19.9 Å². The number of hydrogen-bond acceptors (Lipinski definition) is 11. The Kier molecular flexibility index (Phi) is 9.20. The minimum Gasteiger partial charge on any atom is -0.487 e. The summed E-state index contributed by atoms with van der Waals surface area (Å²) in [7, 11) is 0. The Labute approximate surface area is 263 Å². The van der Waals surface area contributed by atoms with Crippen LogP contribution in [0.2, 0.25) is 0 Å². The summed E-state index contributed by atoms with van der Waals surface area (Å²) in [6.07, 6.45) is 4.43. The zero-order valence-corrected chi connectivity index (χ0v) is 27.1. The molecular formula is C32H44FN7O5. The number of hydrogen-bond donors (Lipinski definition) is 2. The van der Waals surface area contributed by atoms with Gasteiger partial charge in [0.25, 0.3) is 0 Å². The first-order valence-electron chi connectivity index (χ1n) is 15.5. The second-order valence-electron chi connectivity index (χ2n) is 13.6. The number of aryl methyl sites for hydroxylation is 1. The van der Waals surface area contributed by atoms with E-state index in [0.717, 1.165) is 31.5 Å². The van der Waals surface area contributed by atoms with Crippen molar-refractivity contribution in [3.8, 4) is 5.75 Å². The molecule has 0 radical (unpaired) electrons. The fraction of sp³-hybridized carbons (Fsp3) is 0.594. The number of aromatic nitrogens is 4. The van der Waals surface area contributed by atoms with Crippen molar-refractivity contribution in [2.45, 2.75) is 90.6 Å². The third kappa shape index (κ3) is 7.99. The number of amides is 1. The number of nitrogens with one attached hydrogen (secondary N) is 1. The number of ether oxygens (including phenoxy) is 2. The van der Waals surface area contributed by atoms with Crippen molar-refractivity contribution in [1.82, 2.24) is 25.4 Å². The molecule has 0 aliphatic carbocycles. The third-order valence-corrected chi connectivity index (χ3v) is 8.23. The van der Waals surface area contributed by atoms with Gasteiger partial charge in [-0.25, -0.2) is 19.2 Å². The van der Waals surface area contributed by atoms with Crippen LogP contribution in [0.4, 0.5) is 21.1 Å². The molecular weight excluding hydrogens is 581 g/mol. The second-order valence-corrected chi connectivity index (χ2v) is 13.6. The van der Waals surface area contributed by atoms with E-state index in [1.807, 2.05) is 29.7 Å². The maximum Gasteiger partial charge on any atom is 0.407 e. The lowest BCUT2D eigenvalue weighted by atomic mass is 9.92. The Bertz CT molecular complexity index is 1460. The highest BCUT2D eigenvalue weighted by Crippen LogP contribution is 2.33. The van der Waals surface area contributed by atoms with Gasteiger partial charge in [0.2, 0.25) is 11.8 Å². The van der Waals surface area contributed by atoms with E-state index in [1.165, 1.54) is 6.07 Å². The van der Waals surface area contributed by atoms with E-state index in [-0.39, 0.29) is 23.7 Å². The van der Waals surface area contributed by atoms with Crippen LogP contribution in [0.5, 0.6) is 5.75 Å². The number of rotatable bonds is 8. The Morgan fingerprint density at radius 2 is 1.80 bits per heavy atom. The van der Waals surface area contributed by atoms with Crippen LogP contribution in [0.1, 0.15) is 77.3 Å². The molecule has 45 heavy (non-hydrogen) atoms. The van der Waals surface area contributed by atoms with Gasteiger partial charge in [-0.05, 0) is 78.9 Å². The van der Waals surface area contributed by atoms with Crippen molar-refractivity contribution in [3.63, 3.8) is 0 Å². The van der Waals surface area contributed by atoms with Crippen LogP contribution in [-0.2, 0) is 10.3 Å². The maximum absolute atomic E-state index is 15.0. The summed E-state index contributed by atoms with van der Waals surface area (Å²) < 4.78 is 32.1. The lowest BCUT2D eigenvalue weighted by Gasteiger charge is -2.33. The van der Waals surface area contributed by atoms with Crippen molar-refractivity contribution < 1.29 is 28.3 Å². The molecule has 2 aliphatic heterocycles. The second kappa shape index (κ2) is 12.8. The predicted molar refractivity (Wildman–Crippen MR) is 166 cm³/mol. The number of piperidine rings is 1.